The molecule has 1 rings (SSSR count). The van der Waals surface area contributed by atoms with E-state index in [-0.39, 0.29) is 5.78 Å². The van der Waals surface area contributed by atoms with Crippen LogP contribution in [-0.2, 0) is 11.2 Å². The third-order valence-electron chi connectivity index (χ3n) is 2.43. The fourth-order valence-electron chi connectivity index (χ4n) is 1.87. The zero-order valence-corrected chi connectivity index (χ0v) is 10.5. The minimum Gasteiger partial charge on any atom is -0.310 e. The first-order chi connectivity index (χ1) is 7.61. The first kappa shape index (κ1) is 12.9. The van der Waals surface area contributed by atoms with E-state index in [1.165, 1.54) is 11.1 Å². The van der Waals surface area contributed by atoms with Crippen molar-refractivity contribution in [2.24, 2.45) is 0 Å². The molecule has 0 bridgehead atoms. The molecule has 1 aromatic rings. The van der Waals surface area contributed by atoms with Gasteiger partial charge in [-0.15, -0.1) is 0 Å². The van der Waals surface area contributed by atoms with Crippen LogP contribution in [0.4, 0.5) is 0 Å². The topological polar surface area (TPSA) is 29.1 Å². The van der Waals surface area contributed by atoms with Crippen molar-refractivity contribution in [3.63, 3.8) is 0 Å². The summed E-state index contributed by atoms with van der Waals surface area (Å²) in [4.78, 5) is 11.6. The number of benzene rings is 1. The summed E-state index contributed by atoms with van der Waals surface area (Å²) in [6.45, 7) is 7.63. The monoisotopic (exact) mass is 219 g/mol. The lowest BCUT2D eigenvalue weighted by molar-refractivity contribution is -0.117. The first-order valence-corrected chi connectivity index (χ1v) is 5.91. The van der Waals surface area contributed by atoms with Crippen molar-refractivity contribution in [2.45, 2.75) is 33.6 Å². The van der Waals surface area contributed by atoms with Crippen molar-refractivity contribution < 1.29 is 4.79 Å². The van der Waals surface area contributed by atoms with Crippen LogP contribution in [0.25, 0.3) is 0 Å². The summed E-state index contributed by atoms with van der Waals surface area (Å²) in [6, 6.07) is 6.30. The molecule has 0 aliphatic rings. The maximum absolute atomic E-state index is 11.6. The highest BCUT2D eigenvalue weighted by Crippen LogP contribution is 2.09. The van der Waals surface area contributed by atoms with Crippen LogP contribution in [0.1, 0.15) is 30.0 Å². The van der Waals surface area contributed by atoms with E-state index in [1.54, 1.807) is 0 Å². The lowest BCUT2D eigenvalue weighted by atomic mass is 10.0. The molecule has 0 atom stereocenters. The van der Waals surface area contributed by atoms with E-state index in [9.17, 15) is 4.79 Å². The number of hydrogen-bond donors (Lipinski definition) is 1. The molecule has 0 radical (unpaired) electrons. The Morgan fingerprint density at radius 3 is 2.38 bits per heavy atom. The number of nitrogens with one attached hydrogen (secondary N) is 1. The number of carbonyl (C=O) groups is 1. The highest BCUT2D eigenvalue weighted by molar-refractivity contribution is 5.82. The van der Waals surface area contributed by atoms with E-state index in [1.807, 2.05) is 0 Å². The molecule has 0 spiro atoms. The smallest absolute Gasteiger partial charge is 0.150 e. The van der Waals surface area contributed by atoms with E-state index >= 15 is 0 Å². The first-order valence-electron chi connectivity index (χ1n) is 5.91. The minimum atomic E-state index is 0.262. The number of rotatable bonds is 6. The van der Waals surface area contributed by atoms with E-state index in [2.05, 4.69) is 44.3 Å². The number of aryl methyl sites for hydroxylation is 2. The number of Topliss-reactive ketones (excluding diaryl/α,β-unsaturated/α-hetero) is 1. The Kier molecular flexibility index (Phi) is 5.20. The molecule has 16 heavy (non-hydrogen) atoms. The van der Waals surface area contributed by atoms with Gasteiger partial charge in [0.1, 0.15) is 0 Å². The maximum atomic E-state index is 11.6. The lowest BCUT2D eigenvalue weighted by Crippen LogP contribution is -2.24. The lowest BCUT2D eigenvalue weighted by Gasteiger charge is -2.05. The minimum absolute atomic E-state index is 0.262. The van der Waals surface area contributed by atoms with Crippen molar-refractivity contribution in [3.8, 4) is 0 Å². The molecule has 0 aliphatic heterocycles. The van der Waals surface area contributed by atoms with Crippen LogP contribution < -0.4 is 5.32 Å². The molecule has 2 nitrogen and oxygen atoms in total. The molecule has 0 saturated carbocycles. The molecule has 0 amide bonds. The van der Waals surface area contributed by atoms with Gasteiger partial charge in [0.2, 0.25) is 0 Å². The zero-order chi connectivity index (χ0) is 12.0. The molecule has 2 heteroatoms. The van der Waals surface area contributed by atoms with E-state index in [0.717, 1.165) is 18.5 Å². The number of hydrogen-bond acceptors (Lipinski definition) is 2. The number of ketones is 1. The van der Waals surface area contributed by atoms with Gasteiger partial charge >= 0.3 is 0 Å². The average molecular weight is 219 g/mol. The van der Waals surface area contributed by atoms with Gasteiger partial charge in [-0.05, 0) is 32.4 Å². The van der Waals surface area contributed by atoms with Crippen LogP contribution in [0, 0.1) is 13.8 Å². The van der Waals surface area contributed by atoms with Crippen molar-refractivity contribution in [1.82, 2.24) is 5.32 Å². The Labute approximate surface area is 98.1 Å². The van der Waals surface area contributed by atoms with E-state index in [0.29, 0.717) is 13.0 Å². The van der Waals surface area contributed by atoms with Crippen LogP contribution >= 0.6 is 0 Å². The Bertz CT molecular complexity index is 338. The summed E-state index contributed by atoms with van der Waals surface area (Å²) in [5, 5.41) is 3.13. The second kappa shape index (κ2) is 6.44. The average Bonchev–Trinajstić information content (AvgIpc) is 2.16. The predicted molar refractivity (Wildman–Crippen MR) is 67.8 cm³/mol. The molecule has 0 saturated heterocycles. The maximum Gasteiger partial charge on any atom is 0.150 e. The molecular formula is C14H21NO. The van der Waals surface area contributed by atoms with Gasteiger partial charge in [-0.3, -0.25) is 4.79 Å². The third-order valence-corrected chi connectivity index (χ3v) is 2.43. The SMILES string of the molecule is CCCNCC(=O)Cc1cc(C)cc(C)c1. The van der Waals surface area contributed by atoms with Gasteiger partial charge in [0.15, 0.2) is 5.78 Å². The fraction of sp³-hybridized carbons (Fsp3) is 0.500. The van der Waals surface area contributed by atoms with Gasteiger partial charge in [-0.2, -0.15) is 0 Å². The summed E-state index contributed by atoms with van der Waals surface area (Å²) in [5.74, 6) is 0.262. The Morgan fingerprint density at radius 2 is 1.81 bits per heavy atom. The van der Waals surface area contributed by atoms with Crippen molar-refractivity contribution in [2.75, 3.05) is 13.1 Å². The molecule has 0 heterocycles. The normalized spacial score (nSPS) is 10.4. The third kappa shape index (κ3) is 4.58. The highest BCUT2D eigenvalue weighted by Gasteiger charge is 2.03. The standard InChI is InChI=1S/C14H21NO/c1-4-5-15-10-14(16)9-13-7-11(2)6-12(3)8-13/h6-8,15H,4-5,9-10H2,1-3H3. The van der Waals surface area contributed by atoms with Gasteiger partial charge in [0.25, 0.3) is 0 Å². The molecule has 0 aromatic heterocycles. The van der Waals surface area contributed by atoms with Gasteiger partial charge < -0.3 is 5.32 Å². The second-order valence-corrected chi connectivity index (χ2v) is 4.39. The van der Waals surface area contributed by atoms with Crippen molar-refractivity contribution >= 4 is 5.78 Å². The van der Waals surface area contributed by atoms with Gasteiger partial charge in [0.05, 0.1) is 6.54 Å². The molecular weight excluding hydrogens is 198 g/mol. The summed E-state index contributed by atoms with van der Waals surface area (Å²) in [6.07, 6.45) is 1.61. The summed E-state index contributed by atoms with van der Waals surface area (Å²) >= 11 is 0. The largest absolute Gasteiger partial charge is 0.310 e. The van der Waals surface area contributed by atoms with Crippen LogP contribution in [0.2, 0.25) is 0 Å². The van der Waals surface area contributed by atoms with Crippen LogP contribution in [-0.4, -0.2) is 18.9 Å². The Balaban J connectivity index is 2.49. The second-order valence-electron chi connectivity index (χ2n) is 4.39. The molecule has 88 valence electrons. The summed E-state index contributed by atoms with van der Waals surface area (Å²) in [5.41, 5.74) is 3.58. The Hall–Kier alpha value is -1.15. The molecule has 0 fully saturated rings. The van der Waals surface area contributed by atoms with Crippen molar-refractivity contribution in [1.29, 1.82) is 0 Å². The quantitative estimate of drug-likeness (QED) is 0.744. The molecule has 1 aromatic carbocycles. The predicted octanol–water partition coefficient (Wildman–Crippen LogP) is 2.41. The fourth-order valence-corrected chi connectivity index (χ4v) is 1.87. The zero-order valence-electron chi connectivity index (χ0n) is 10.5. The molecule has 0 unspecified atom stereocenters. The van der Waals surface area contributed by atoms with E-state index < -0.39 is 0 Å². The highest BCUT2D eigenvalue weighted by atomic mass is 16.1. The van der Waals surface area contributed by atoms with Crippen LogP contribution in [0.3, 0.4) is 0 Å². The van der Waals surface area contributed by atoms with E-state index in [4.69, 9.17) is 0 Å². The summed E-state index contributed by atoms with van der Waals surface area (Å²) < 4.78 is 0. The molecule has 0 aliphatic carbocycles. The van der Waals surface area contributed by atoms with Gasteiger partial charge in [-0.1, -0.05) is 36.2 Å². The van der Waals surface area contributed by atoms with Gasteiger partial charge in [0, 0.05) is 6.42 Å². The van der Waals surface area contributed by atoms with Gasteiger partial charge in [-0.25, -0.2) is 0 Å². The van der Waals surface area contributed by atoms with Crippen LogP contribution in [0.15, 0.2) is 18.2 Å². The number of carbonyl (C=O) groups excluding carboxylic acids is 1. The van der Waals surface area contributed by atoms with Crippen molar-refractivity contribution in [3.05, 3.63) is 34.9 Å². The Morgan fingerprint density at radius 1 is 1.19 bits per heavy atom. The molecule has 1 N–H and O–H groups in total. The summed E-state index contributed by atoms with van der Waals surface area (Å²) in [7, 11) is 0. The van der Waals surface area contributed by atoms with Crippen LogP contribution in [0.5, 0.6) is 0 Å².